The molecule has 3 rings (SSSR count). The largest absolute Gasteiger partial charge is 0.363 e. The highest BCUT2D eigenvalue weighted by atomic mass is 127. The first-order chi connectivity index (χ1) is 12.7. The minimum atomic E-state index is 0. The van der Waals surface area contributed by atoms with E-state index >= 15 is 0 Å². The van der Waals surface area contributed by atoms with Crippen LogP contribution in [0.5, 0.6) is 0 Å². The second kappa shape index (κ2) is 11.0. The number of hydrogen-bond donors (Lipinski definition) is 2. The molecule has 1 atom stereocenters. The molecule has 1 saturated carbocycles. The van der Waals surface area contributed by atoms with Crippen LogP contribution >= 0.6 is 24.0 Å². The summed E-state index contributed by atoms with van der Waals surface area (Å²) in [6.45, 7) is 6.03. The lowest BCUT2D eigenvalue weighted by Gasteiger charge is -2.24. The molecule has 1 saturated heterocycles. The van der Waals surface area contributed by atoms with Gasteiger partial charge < -0.3 is 15.5 Å². The summed E-state index contributed by atoms with van der Waals surface area (Å²) in [6.07, 6.45) is 8.65. The van der Waals surface area contributed by atoms with Crippen molar-refractivity contribution >= 4 is 35.8 Å². The van der Waals surface area contributed by atoms with Gasteiger partial charge in [-0.3, -0.25) is 4.90 Å². The summed E-state index contributed by atoms with van der Waals surface area (Å²) in [5.41, 5.74) is 1.18. The van der Waals surface area contributed by atoms with E-state index in [0.717, 1.165) is 30.9 Å². The highest BCUT2D eigenvalue weighted by Crippen LogP contribution is 2.26. The van der Waals surface area contributed by atoms with E-state index in [1.54, 1.807) is 0 Å². The lowest BCUT2D eigenvalue weighted by Crippen LogP contribution is -2.45. The molecule has 1 aromatic rings. The van der Waals surface area contributed by atoms with Gasteiger partial charge in [0.25, 0.3) is 0 Å². The molecule has 2 heterocycles. The molecule has 0 spiro atoms. The number of likely N-dealkylation sites (tertiary alicyclic amines) is 1. The SMILES string of the molecule is CCNC(=NCc1ccnc(N(C)C)c1)NC1CCN(C2CCCC2)C1.I. The molecule has 1 aliphatic carbocycles. The van der Waals surface area contributed by atoms with Crippen LogP contribution < -0.4 is 15.5 Å². The zero-order chi connectivity index (χ0) is 18.4. The molecule has 2 aliphatic rings. The van der Waals surface area contributed by atoms with Crippen LogP contribution in [0.15, 0.2) is 23.3 Å². The molecule has 0 aromatic carbocycles. The van der Waals surface area contributed by atoms with Crippen molar-refractivity contribution in [1.29, 1.82) is 0 Å². The molecular weight excluding hydrogens is 451 g/mol. The van der Waals surface area contributed by atoms with Crippen molar-refractivity contribution in [2.24, 2.45) is 4.99 Å². The van der Waals surface area contributed by atoms with Gasteiger partial charge in [-0.05, 0) is 43.9 Å². The van der Waals surface area contributed by atoms with Crippen molar-refractivity contribution in [2.75, 3.05) is 38.6 Å². The zero-order valence-electron chi connectivity index (χ0n) is 16.9. The average Bonchev–Trinajstić information content (AvgIpc) is 3.31. The van der Waals surface area contributed by atoms with Gasteiger partial charge in [-0.2, -0.15) is 0 Å². The first-order valence-electron chi connectivity index (χ1n) is 10.1. The highest BCUT2D eigenvalue weighted by Gasteiger charge is 2.30. The van der Waals surface area contributed by atoms with E-state index in [9.17, 15) is 0 Å². The molecule has 6 nitrogen and oxygen atoms in total. The van der Waals surface area contributed by atoms with Crippen LogP contribution in [0.3, 0.4) is 0 Å². The predicted molar refractivity (Wildman–Crippen MR) is 124 cm³/mol. The summed E-state index contributed by atoms with van der Waals surface area (Å²) < 4.78 is 0. The van der Waals surface area contributed by atoms with Crippen LogP contribution in [0.25, 0.3) is 0 Å². The minimum Gasteiger partial charge on any atom is -0.363 e. The molecule has 2 N–H and O–H groups in total. The Morgan fingerprint density at radius 1 is 1.30 bits per heavy atom. The maximum atomic E-state index is 4.80. The Morgan fingerprint density at radius 2 is 2.07 bits per heavy atom. The Kier molecular flexibility index (Phi) is 9.08. The summed E-state index contributed by atoms with van der Waals surface area (Å²) in [5.74, 6) is 1.90. The van der Waals surface area contributed by atoms with Crippen LogP contribution in [-0.4, -0.2) is 61.7 Å². The molecule has 7 heteroatoms. The van der Waals surface area contributed by atoms with Crippen LogP contribution in [-0.2, 0) is 6.54 Å². The van der Waals surface area contributed by atoms with Crippen molar-refractivity contribution in [3.05, 3.63) is 23.9 Å². The first kappa shape index (κ1) is 22.2. The fourth-order valence-electron chi connectivity index (χ4n) is 3.99. The Morgan fingerprint density at radius 3 is 2.78 bits per heavy atom. The lowest BCUT2D eigenvalue weighted by molar-refractivity contribution is 0.242. The van der Waals surface area contributed by atoms with E-state index < -0.39 is 0 Å². The van der Waals surface area contributed by atoms with E-state index in [1.807, 2.05) is 31.3 Å². The number of guanidine groups is 1. The third-order valence-corrected chi connectivity index (χ3v) is 5.43. The standard InChI is InChI=1S/C20H34N6.HI/c1-4-21-20(23-14-16-9-11-22-19(13-16)25(2)3)24-17-10-12-26(15-17)18-7-5-6-8-18;/h9,11,13,17-18H,4-8,10,12,14-15H2,1-3H3,(H2,21,23,24);1H. The van der Waals surface area contributed by atoms with Crippen molar-refractivity contribution in [2.45, 2.75) is 57.7 Å². The number of hydrogen-bond acceptors (Lipinski definition) is 4. The maximum absolute atomic E-state index is 4.80. The van der Waals surface area contributed by atoms with E-state index in [-0.39, 0.29) is 24.0 Å². The number of rotatable bonds is 6. The number of aliphatic imine (C=N–C) groups is 1. The van der Waals surface area contributed by atoms with Gasteiger partial charge in [0.2, 0.25) is 0 Å². The molecule has 1 aliphatic heterocycles. The number of nitrogens with one attached hydrogen (secondary N) is 2. The van der Waals surface area contributed by atoms with Crippen molar-refractivity contribution in [3.63, 3.8) is 0 Å². The Labute approximate surface area is 181 Å². The lowest BCUT2D eigenvalue weighted by atomic mass is 10.2. The van der Waals surface area contributed by atoms with E-state index in [1.165, 1.54) is 44.2 Å². The third-order valence-electron chi connectivity index (χ3n) is 5.43. The number of pyridine rings is 1. The van der Waals surface area contributed by atoms with Gasteiger partial charge in [0.05, 0.1) is 6.54 Å². The van der Waals surface area contributed by atoms with Crippen molar-refractivity contribution in [1.82, 2.24) is 20.5 Å². The molecule has 0 bridgehead atoms. The van der Waals surface area contributed by atoms with Gasteiger partial charge in [-0.15, -0.1) is 24.0 Å². The van der Waals surface area contributed by atoms with E-state index in [4.69, 9.17) is 4.99 Å². The van der Waals surface area contributed by atoms with E-state index in [2.05, 4.69) is 33.5 Å². The average molecular weight is 486 g/mol. The molecule has 152 valence electrons. The molecule has 0 amide bonds. The molecule has 0 radical (unpaired) electrons. The number of aromatic nitrogens is 1. The molecule has 27 heavy (non-hydrogen) atoms. The number of halogens is 1. The van der Waals surface area contributed by atoms with Crippen LogP contribution in [0.2, 0.25) is 0 Å². The maximum Gasteiger partial charge on any atom is 0.191 e. The van der Waals surface area contributed by atoms with Gasteiger partial charge in [-0.25, -0.2) is 9.98 Å². The monoisotopic (exact) mass is 486 g/mol. The number of anilines is 1. The third kappa shape index (κ3) is 6.48. The Hall–Kier alpha value is -1.09. The van der Waals surface area contributed by atoms with Gasteiger partial charge >= 0.3 is 0 Å². The molecule has 1 aromatic heterocycles. The Bertz CT molecular complexity index is 600. The highest BCUT2D eigenvalue weighted by molar-refractivity contribution is 14.0. The van der Waals surface area contributed by atoms with Gasteiger partial charge in [-0.1, -0.05) is 12.8 Å². The molecule has 1 unspecified atom stereocenters. The fourth-order valence-corrected chi connectivity index (χ4v) is 3.99. The zero-order valence-corrected chi connectivity index (χ0v) is 19.3. The summed E-state index contributed by atoms with van der Waals surface area (Å²) in [7, 11) is 4.02. The summed E-state index contributed by atoms with van der Waals surface area (Å²) in [5, 5.41) is 7.04. The topological polar surface area (TPSA) is 55.8 Å². The van der Waals surface area contributed by atoms with Crippen LogP contribution in [0, 0.1) is 0 Å². The van der Waals surface area contributed by atoms with E-state index in [0.29, 0.717) is 12.6 Å². The second-order valence-corrected chi connectivity index (χ2v) is 7.68. The van der Waals surface area contributed by atoms with Crippen molar-refractivity contribution in [3.8, 4) is 0 Å². The minimum absolute atomic E-state index is 0. The molecule has 2 fully saturated rings. The summed E-state index contributed by atoms with van der Waals surface area (Å²) in [6, 6.07) is 5.47. The summed E-state index contributed by atoms with van der Waals surface area (Å²) >= 11 is 0. The summed E-state index contributed by atoms with van der Waals surface area (Å²) in [4.78, 5) is 13.9. The fraction of sp³-hybridized carbons (Fsp3) is 0.700. The predicted octanol–water partition coefficient (Wildman–Crippen LogP) is 2.84. The Balaban J connectivity index is 0.00000261. The quantitative estimate of drug-likeness (QED) is 0.368. The molecular formula is C20H35IN6. The normalized spacial score (nSPS) is 21.1. The van der Waals surface area contributed by atoms with Gasteiger partial charge in [0.1, 0.15) is 5.82 Å². The van der Waals surface area contributed by atoms with Crippen LogP contribution in [0.4, 0.5) is 5.82 Å². The smallest absolute Gasteiger partial charge is 0.191 e. The number of nitrogens with zero attached hydrogens (tertiary/aromatic N) is 4. The van der Waals surface area contributed by atoms with Crippen molar-refractivity contribution < 1.29 is 0 Å². The second-order valence-electron chi connectivity index (χ2n) is 7.68. The van der Waals surface area contributed by atoms with Gasteiger partial charge in [0.15, 0.2) is 5.96 Å². The first-order valence-corrected chi connectivity index (χ1v) is 10.1. The van der Waals surface area contributed by atoms with Crippen LogP contribution in [0.1, 0.15) is 44.6 Å². The van der Waals surface area contributed by atoms with Gasteiger partial charge in [0, 0.05) is 52.0 Å².